The quantitative estimate of drug-likeness (QED) is 0.330. The third kappa shape index (κ3) is 3.84. The van der Waals surface area contributed by atoms with Crippen molar-refractivity contribution in [3.8, 4) is 5.75 Å². The first-order valence-corrected chi connectivity index (χ1v) is 13.7. The number of primary amides is 1. The van der Waals surface area contributed by atoms with Gasteiger partial charge in [0.2, 0.25) is 15.8 Å². The van der Waals surface area contributed by atoms with E-state index in [1.165, 1.54) is 31.3 Å². The molecule has 1 amide bonds. The zero-order valence-electron chi connectivity index (χ0n) is 21.1. The summed E-state index contributed by atoms with van der Waals surface area (Å²) in [7, 11) is -2.77. The van der Waals surface area contributed by atoms with Gasteiger partial charge in [0.05, 0.1) is 10.5 Å². The molecule has 13 heteroatoms. The van der Waals surface area contributed by atoms with Gasteiger partial charge in [-0.1, -0.05) is 18.2 Å². The van der Waals surface area contributed by atoms with Gasteiger partial charge >= 0.3 is 0 Å². The van der Waals surface area contributed by atoms with Crippen molar-refractivity contribution in [2.24, 2.45) is 17.6 Å². The number of rotatable bonds is 5. The molecule has 0 radical (unpaired) electrons. The highest BCUT2D eigenvalue weighted by atomic mass is 32.2. The van der Waals surface area contributed by atoms with Crippen LogP contribution in [-0.2, 0) is 32.6 Å². The Morgan fingerprint density at radius 1 is 1.15 bits per heavy atom. The van der Waals surface area contributed by atoms with Crippen LogP contribution in [0.1, 0.15) is 34.3 Å². The second kappa shape index (κ2) is 9.25. The summed E-state index contributed by atoms with van der Waals surface area (Å²) in [4.78, 5) is 38.2. The Morgan fingerprint density at radius 2 is 1.80 bits per heavy atom. The minimum absolute atomic E-state index is 0.0194. The van der Waals surface area contributed by atoms with E-state index in [2.05, 4.69) is 0 Å². The first kappa shape index (κ1) is 27.5. The maximum Gasteiger partial charge on any atom is 0.255 e. The summed E-state index contributed by atoms with van der Waals surface area (Å²) in [5.41, 5.74) is 0.236. The molecular formula is C27H25FN2O9S. The van der Waals surface area contributed by atoms with Crippen molar-refractivity contribution in [2.75, 3.05) is 7.05 Å². The number of carbonyl (C=O) groups excluding carboxylic acids is 3. The molecule has 3 atom stereocenters. The van der Waals surface area contributed by atoms with Crippen molar-refractivity contribution in [3.05, 3.63) is 81.6 Å². The molecule has 6 N–H and O–H groups in total. The Bertz CT molecular complexity index is 1670. The van der Waals surface area contributed by atoms with E-state index in [9.17, 15) is 43.2 Å². The number of hydrogen-bond acceptors (Lipinski definition) is 9. The van der Waals surface area contributed by atoms with Gasteiger partial charge in [-0.05, 0) is 37.0 Å². The molecule has 0 saturated carbocycles. The lowest BCUT2D eigenvalue weighted by Gasteiger charge is -2.45. The smallest absolute Gasteiger partial charge is 0.255 e. The second-order valence-electron chi connectivity index (χ2n) is 10.2. The number of allylic oxidation sites excluding steroid dienone is 2. The number of carbonyl (C=O) groups is 3. The van der Waals surface area contributed by atoms with Gasteiger partial charge in [-0.15, -0.1) is 0 Å². The van der Waals surface area contributed by atoms with Crippen LogP contribution in [0.2, 0.25) is 0 Å². The summed E-state index contributed by atoms with van der Waals surface area (Å²) in [5, 5.41) is 43.3. The van der Waals surface area contributed by atoms with E-state index in [4.69, 9.17) is 5.73 Å². The number of ketones is 2. The number of sulfonamides is 1. The summed E-state index contributed by atoms with van der Waals surface area (Å²) in [6.07, 6.45) is -0.808. The fourth-order valence-electron chi connectivity index (χ4n) is 5.93. The maximum absolute atomic E-state index is 15.8. The highest BCUT2D eigenvalue weighted by molar-refractivity contribution is 7.89. The van der Waals surface area contributed by atoms with Crippen molar-refractivity contribution in [3.63, 3.8) is 0 Å². The predicted octanol–water partition coefficient (Wildman–Crippen LogP) is 1.54. The number of benzene rings is 2. The van der Waals surface area contributed by atoms with E-state index in [1.807, 2.05) is 0 Å². The Kier molecular flexibility index (Phi) is 6.36. The molecule has 2 aromatic carbocycles. The van der Waals surface area contributed by atoms with Crippen LogP contribution in [0.3, 0.4) is 0 Å². The second-order valence-corrected chi connectivity index (χ2v) is 12.3. The molecule has 40 heavy (non-hydrogen) atoms. The summed E-state index contributed by atoms with van der Waals surface area (Å²) in [5.74, 6) is -9.10. The number of Topliss-reactive ketones (excluding diaryl/α,β-unsaturated/α-hetero) is 2. The average molecular weight is 573 g/mol. The van der Waals surface area contributed by atoms with Gasteiger partial charge < -0.3 is 26.2 Å². The van der Waals surface area contributed by atoms with Crippen molar-refractivity contribution >= 4 is 27.5 Å². The van der Waals surface area contributed by atoms with E-state index in [0.717, 1.165) is 10.4 Å². The molecule has 0 fully saturated rings. The van der Waals surface area contributed by atoms with Gasteiger partial charge in [0.25, 0.3) is 5.91 Å². The third-order valence-electron chi connectivity index (χ3n) is 7.91. The lowest BCUT2D eigenvalue weighted by atomic mass is 9.60. The van der Waals surface area contributed by atoms with Crippen LogP contribution < -0.4 is 5.73 Å². The van der Waals surface area contributed by atoms with Crippen molar-refractivity contribution < 1.29 is 47.6 Å². The number of halogens is 1. The summed E-state index contributed by atoms with van der Waals surface area (Å²) in [6.45, 7) is -0.470. The fraction of sp³-hybridized carbons (Fsp3) is 0.296. The van der Waals surface area contributed by atoms with Crippen molar-refractivity contribution in [2.45, 2.75) is 36.3 Å². The van der Waals surface area contributed by atoms with Gasteiger partial charge in [0.1, 0.15) is 28.7 Å². The predicted molar refractivity (Wildman–Crippen MR) is 136 cm³/mol. The average Bonchev–Trinajstić information content (AvgIpc) is 2.89. The number of fused-ring (bicyclic) bond motifs is 3. The largest absolute Gasteiger partial charge is 0.511 e. The molecule has 3 aliphatic carbocycles. The van der Waals surface area contributed by atoms with Gasteiger partial charge in [-0.2, -0.15) is 4.31 Å². The first-order chi connectivity index (χ1) is 18.7. The first-order valence-electron chi connectivity index (χ1n) is 12.2. The number of hydrogen-bond donors (Lipinski definition) is 5. The van der Waals surface area contributed by atoms with Crippen LogP contribution in [0.4, 0.5) is 4.39 Å². The standard InChI is InChI=1S/C27H25FN2O9S/c1-30(40(38,39)15-5-3-2-4-6-15)11-13-9-17(31)20-16(22(13)28)8-12-7-14-10-18(32)21(26(29)36)25(35)27(14,37)24(34)19(12)23(20)33/h2-6,9,12,14,31-32,34,37H,7-8,10-11H2,1H3,(H2,29,36)/t12?,14-,27-/m0/s1. The molecule has 210 valence electrons. The molecular weight excluding hydrogens is 547 g/mol. The molecule has 0 aliphatic heterocycles. The summed E-state index contributed by atoms with van der Waals surface area (Å²) in [6, 6.07) is 8.39. The number of nitrogens with zero attached hydrogens (tertiary/aromatic N) is 1. The SMILES string of the molecule is CN(Cc1cc(O)c2c(c1F)CC1C[C@H]3CC(O)=C(C(N)=O)C(=O)[C@@]3(O)C(O)=C1C2=O)S(=O)(=O)c1ccccc1. The van der Waals surface area contributed by atoms with Crippen LogP contribution >= 0.6 is 0 Å². The minimum atomic E-state index is -4.01. The van der Waals surface area contributed by atoms with Crippen molar-refractivity contribution in [1.82, 2.24) is 4.31 Å². The molecule has 0 saturated heterocycles. The van der Waals surface area contributed by atoms with Gasteiger partial charge in [-0.25, -0.2) is 12.8 Å². The summed E-state index contributed by atoms with van der Waals surface area (Å²) >= 11 is 0. The fourth-order valence-corrected chi connectivity index (χ4v) is 7.10. The Labute approximate surface area is 227 Å². The van der Waals surface area contributed by atoms with Crippen LogP contribution in [0.5, 0.6) is 5.75 Å². The monoisotopic (exact) mass is 572 g/mol. The highest BCUT2D eigenvalue weighted by Crippen LogP contribution is 2.51. The van der Waals surface area contributed by atoms with Crippen LogP contribution in [-0.4, -0.2) is 63.3 Å². The van der Waals surface area contributed by atoms with Gasteiger partial charge in [0, 0.05) is 42.6 Å². The number of nitrogens with two attached hydrogens (primary N) is 1. The molecule has 0 heterocycles. The molecule has 5 rings (SSSR count). The number of aliphatic hydroxyl groups excluding tert-OH is 2. The highest BCUT2D eigenvalue weighted by Gasteiger charge is 2.59. The maximum atomic E-state index is 15.8. The number of amides is 1. The van der Waals surface area contributed by atoms with Gasteiger partial charge in [-0.3, -0.25) is 14.4 Å². The topological polar surface area (TPSA) is 196 Å². The van der Waals surface area contributed by atoms with E-state index in [0.29, 0.717) is 0 Å². The summed E-state index contributed by atoms with van der Waals surface area (Å²) < 4.78 is 42.6. The molecule has 11 nitrogen and oxygen atoms in total. The zero-order chi connectivity index (χ0) is 29.3. The lowest BCUT2D eigenvalue weighted by molar-refractivity contribution is -0.144. The van der Waals surface area contributed by atoms with E-state index in [-0.39, 0.29) is 28.9 Å². The number of phenols is 1. The molecule has 3 aliphatic rings. The Hall–Kier alpha value is -4.07. The van der Waals surface area contributed by atoms with E-state index in [1.54, 1.807) is 6.07 Å². The normalized spacial score (nSPS) is 24.6. The van der Waals surface area contributed by atoms with E-state index >= 15 is 4.39 Å². The number of phenolic OH excluding ortho intramolecular Hbond substituents is 1. The van der Waals surface area contributed by atoms with Gasteiger partial charge in [0.15, 0.2) is 11.4 Å². The van der Waals surface area contributed by atoms with Crippen molar-refractivity contribution in [1.29, 1.82) is 0 Å². The molecule has 1 unspecified atom stereocenters. The Balaban J connectivity index is 1.55. The minimum Gasteiger partial charge on any atom is -0.511 e. The number of aliphatic hydroxyl groups is 3. The molecule has 0 aromatic heterocycles. The molecule has 0 bridgehead atoms. The van der Waals surface area contributed by atoms with E-state index < -0.39 is 97.7 Å². The molecule has 2 aromatic rings. The third-order valence-corrected chi connectivity index (χ3v) is 9.73. The lowest BCUT2D eigenvalue weighted by Crippen LogP contribution is -2.57. The molecule has 0 spiro atoms. The number of aromatic hydroxyl groups is 1. The van der Waals surface area contributed by atoms with Crippen LogP contribution in [0, 0.1) is 17.7 Å². The van der Waals surface area contributed by atoms with Crippen LogP contribution in [0.15, 0.2) is 64.0 Å². The van der Waals surface area contributed by atoms with Crippen LogP contribution in [0.25, 0.3) is 0 Å². The Morgan fingerprint density at radius 3 is 2.42 bits per heavy atom. The zero-order valence-corrected chi connectivity index (χ0v) is 21.9.